The SMILES string of the molecule is CCOc1ccc(/C=N\NC(=O)c2ccc3nc(SC(C)C)[nH]c3c2)cc1OC. The Morgan fingerprint density at radius 3 is 2.83 bits per heavy atom. The molecule has 2 aromatic carbocycles. The maximum atomic E-state index is 12.4. The zero-order chi connectivity index (χ0) is 20.8. The molecule has 0 saturated carbocycles. The number of imidazole rings is 1. The van der Waals surface area contributed by atoms with Crippen LogP contribution in [0, 0.1) is 0 Å². The number of methoxy groups -OCH3 is 1. The molecule has 0 aliphatic carbocycles. The van der Waals surface area contributed by atoms with E-state index in [1.165, 1.54) is 0 Å². The Bertz CT molecular complexity index is 1030. The maximum absolute atomic E-state index is 12.4. The van der Waals surface area contributed by atoms with Gasteiger partial charge in [0.05, 0.1) is 31.0 Å². The number of nitrogens with zero attached hydrogens (tertiary/aromatic N) is 2. The van der Waals surface area contributed by atoms with Gasteiger partial charge in [-0.2, -0.15) is 5.10 Å². The van der Waals surface area contributed by atoms with Crippen LogP contribution in [0.3, 0.4) is 0 Å². The van der Waals surface area contributed by atoms with Gasteiger partial charge in [0.1, 0.15) is 0 Å². The lowest BCUT2D eigenvalue weighted by atomic mass is 10.2. The highest BCUT2D eigenvalue weighted by Gasteiger charge is 2.10. The summed E-state index contributed by atoms with van der Waals surface area (Å²) in [6.07, 6.45) is 1.56. The molecule has 0 radical (unpaired) electrons. The predicted octanol–water partition coefficient (Wildman–Crippen LogP) is 4.23. The first-order valence-electron chi connectivity index (χ1n) is 9.30. The molecular formula is C21H24N4O3S. The molecule has 2 N–H and O–H groups in total. The minimum atomic E-state index is -0.297. The number of ether oxygens (including phenoxy) is 2. The average molecular weight is 413 g/mol. The number of hydrazone groups is 1. The van der Waals surface area contributed by atoms with Gasteiger partial charge in [-0.25, -0.2) is 10.4 Å². The molecule has 0 aliphatic rings. The van der Waals surface area contributed by atoms with Crippen LogP contribution in [0.25, 0.3) is 11.0 Å². The molecule has 0 atom stereocenters. The number of nitrogens with one attached hydrogen (secondary N) is 2. The number of carbonyl (C=O) groups excluding carboxylic acids is 1. The van der Waals surface area contributed by atoms with Gasteiger partial charge < -0.3 is 14.5 Å². The molecule has 1 heterocycles. The Kier molecular flexibility index (Phi) is 6.77. The summed E-state index contributed by atoms with van der Waals surface area (Å²) in [5.74, 6) is 0.981. The lowest BCUT2D eigenvalue weighted by Crippen LogP contribution is -2.17. The van der Waals surface area contributed by atoms with Gasteiger partial charge in [-0.3, -0.25) is 4.79 Å². The Hall–Kier alpha value is -3.00. The molecule has 0 bridgehead atoms. The molecule has 0 unspecified atom stereocenters. The highest BCUT2D eigenvalue weighted by atomic mass is 32.2. The third kappa shape index (κ3) is 5.29. The number of carbonyl (C=O) groups is 1. The van der Waals surface area contributed by atoms with Crippen molar-refractivity contribution >= 4 is 34.9 Å². The molecule has 3 rings (SSSR count). The second-order valence-electron chi connectivity index (χ2n) is 6.48. The van der Waals surface area contributed by atoms with Crippen molar-refractivity contribution in [2.24, 2.45) is 5.10 Å². The maximum Gasteiger partial charge on any atom is 0.271 e. The fraction of sp³-hybridized carbons (Fsp3) is 0.286. The molecule has 152 valence electrons. The van der Waals surface area contributed by atoms with Gasteiger partial charge in [0, 0.05) is 10.8 Å². The summed E-state index contributed by atoms with van der Waals surface area (Å²) in [5.41, 5.74) is 5.48. The first-order valence-corrected chi connectivity index (χ1v) is 10.2. The van der Waals surface area contributed by atoms with E-state index in [1.54, 1.807) is 43.3 Å². The van der Waals surface area contributed by atoms with Crippen molar-refractivity contribution in [3.05, 3.63) is 47.5 Å². The van der Waals surface area contributed by atoms with Crippen LogP contribution in [-0.4, -0.2) is 41.1 Å². The number of benzene rings is 2. The van der Waals surface area contributed by atoms with Crippen molar-refractivity contribution in [3.63, 3.8) is 0 Å². The fourth-order valence-corrected chi connectivity index (χ4v) is 3.44. The minimum Gasteiger partial charge on any atom is -0.493 e. The smallest absolute Gasteiger partial charge is 0.271 e. The number of hydrogen-bond acceptors (Lipinski definition) is 6. The third-order valence-electron chi connectivity index (χ3n) is 3.94. The molecule has 8 heteroatoms. The lowest BCUT2D eigenvalue weighted by Gasteiger charge is -2.09. The summed E-state index contributed by atoms with van der Waals surface area (Å²) in [7, 11) is 1.58. The van der Waals surface area contributed by atoms with E-state index < -0.39 is 0 Å². The Balaban J connectivity index is 1.68. The van der Waals surface area contributed by atoms with Gasteiger partial charge in [-0.15, -0.1) is 0 Å². The van der Waals surface area contributed by atoms with E-state index in [9.17, 15) is 4.79 Å². The number of rotatable bonds is 8. The molecule has 0 aliphatic heterocycles. The molecular weight excluding hydrogens is 388 g/mol. The Labute approximate surface area is 173 Å². The predicted molar refractivity (Wildman–Crippen MR) is 116 cm³/mol. The van der Waals surface area contributed by atoms with Gasteiger partial charge in [-0.05, 0) is 48.9 Å². The summed E-state index contributed by atoms with van der Waals surface area (Å²) in [6.45, 7) is 6.68. The largest absolute Gasteiger partial charge is 0.493 e. The van der Waals surface area contributed by atoms with E-state index >= 15 is 0 Å². The quantitative estimate of drug-likeness (QED) is 0.328. The van der Waals surface area contributed by atoms with Gasteiger partial charge in [0.25, 0.3) is 5.91 Å². The van der Waals surface area contributed by atoms with E-state index in [0.29, 0.717) is 28.9 Å². The van der Waals surface area contributed by atoms with E-state index in [1.807, 2.05) is 25.1 Å². The van der Waals surface area contributed by atoms with Crippen molar-refractivity contribution in [1.82, 2.24) is 15.4 Å². The van der Waals surface area contributed by atoms with Crippen LogP contribution in [0.15, 0.2) is 46.7 Å². The molecule has 0 spiro atoms. The van der Waals surface area contributed by atoms with Crippen molar-refractivity contribution in [3.8, 4) is 11.5 Å². The van der Waals surface area contributed by atoms with Crippen molar-refractivity contribution in [2.75, 3.05) is 13.7 Å². The lowest BCUT2D eigenvalue weighted by molar-refractivity contribution is 0.0955. The molecule has 0 fully saturated rings. The zero-order valence-electron chi connectivity index (χ0n) is 16.9. The average Bonchev–Trinajstić information content (AvgIpc) is 3.09. The van der Waals surface area contributed by atoms with Gasteiger partial charge in [-0.1, -0.05) is 25.6 Å². The van der Waals surface area contributed by atoms with Crippen LogP contribution in [0.5, 0.6) is 11.5 Å². The molecule has 29 heavy (non-hydrogen) atoms. The summed E-state index contributed by atoms with van der Waals surface area (Å²) < 4.78 is 10.8. The molecule has 1 amide bonds. The summed E-state index contributed by atoms with van der Waals surface area (Å²) in [4.78, 5) is 20.2. The van der Waals surface area contributed by atoms with Crippen LogP contribution in [0.2, 0.25) is 0 Å². The second-order valence-corrected chi connectivity index (χ2v) is 8.05. The number of fused-ring (bicyclic) bond motifs is 1. The highest BCUT2D eigenvalue weighted by molar-refractivity contribution is 7.99. The van der Waals surface area contributed by atoms with E-state index in [-0.39, 0.29) is 5.91 Å². The van der Waals surface area contributed by atoms with E-state index in [0.717, 1.165) is 21.8 Å². The van der Waals surface area contributed by atoms with Crippen LogP contribution in [0.4, 0.5) is 0 Å². The van der Waals surface area contributed by atoms with Crippen molar-refractivity contribution in [2.45, 2.75) is 31.2 Å². The first kappa shape index (κ1) is 20.7. The van der Waals surface area contributed by atoms with Gasteiger partial charge in [0.15, 0.2) is 16.7 Å². The fourth-order valence-electron chi connectivity index (χ4n) is 2.68. The monoisotopic (exact) mass is 412 g/mol. The van der Waals surface area contributed by atoms with E-state index in [2.05, 4.69) is 34.3 Å². The normalized spacial score (nSPS) is 11.3. The molecule has 0 saturated heterocycles. The summed E-state index contributed by atoms with van der Waals surface area (Å²) in [5, 5.41) is 5.31. The number of thioether (sulfide) groups is 1. The molecule has 1 aromatic heterocycles. The van der Waals surface area contributed by atoms with Crippen LogP contribution in [0.1, 0.15) is 36.7 Å². The standard InChI is InChI=1S/C21H24N4O3S/c1-5-28-18-9-6-14(10-19(18)27-4)12-22-25-20(26)15-7-8-16-17(11-15)24-21(23-16)29-13(2)3/h6-13H,5H2,1-4H3,(H,23,24)(H,25,26)/b22-12-. The van der Waals surface area contributed by atoms with Gasteiger partial charge in [0.2, 0.25) is 0 Å². The number of aromatic amines is 1. The number of hydrogen-bond donors (Lipinski definition) is 2. The van der Waals surface area contributed by atoms with Crippen molar-refractivity contribution < 1.29 is 14.3 Å². The van der Waals surface area contributed by atoms with Crippen LogP contribution in [-0.2, 0) is 0 Å². The Morgan fingerprint density at radius 1 is 1.28 bits per heavy atom. The number of aromatic nitrogens is 2. The van der Waals surface area contributed by atoms with Crippen LogP contribution < -0.4 is 14.9 Å². The zero-order valence-corrected chi connectivity index (χ0v) is 17.7. The third-order valence-corrected chi connectivity index (χ3v) is 4.82. The highest BCUT2D eigenvalue weighted by Crippen LogP contribution is 2.27. The molecule has 3 aromatic rings. The topological polar surface area (TPSA) is 88.6 Å². The summed E-state index contributed by atoms with van der Waals surface area (Å²) in [6, 6.07) is 10.8. The second kappa shape index (κ2) is 9.47. The minimum absolute atomic E-state index is 0.297. The Morgan fingerprint density at radius 2 is 2.10 bits per heavy atom. The van der Waals surface area contributed by atoms with Gasteiger partial charge >= 0.3 is 0 Å². The number of amides is 1. The first-order chi connectivity index (χ1) is 14.0. The van der Waals surface area contributed by atoms with E-state index in [4.69, 9.17) is 9.47 Å². The number of H-pyrrole nitrogens is 1. The summed E-state index contributed by atoms with van der Waals surface area (Å²) >= 11 is 1.65. The van der Waals surface area contributed by atoms with Crippen molar-refractivity contribution in [1.29, 1.82) is 0 Å². The molecule has 7 nitrogen and oxygen atoms in total. The van der Waals surface area contributed by atoms with Crippen LogP contribution >= 0.6 is 11.8 Å².